The zero-order valence-corrected chi connectivity index (χ0v) is 13.7. The molecule has 0 aromatic rings. The summed E-state index contributed by atoms with van der Waals surface area (Å²) in [6.07, 6.45) is 1.04. The largest absolute Gasteiger partial charge is 0.469 e. The lowest BCUT2D eigenvalue weighted by atomic mass is 10.2. The van der Waals surface area contributed by atoms with Gasteiger partial charge in [-0.1, -0.05) is 19.9 Å². The van der Waals surface area contributed by atoms with Crippen LogP contribution < -0.4 is 5.32 Å². The first kappa shape index (κ1) is 22.0. The number of carbonyl (C=O) groups excluding carboxylic acids is 2. The van der Waals surface area contributed by atoms with Crippen molar-refractivity contribution < 1.29 is 24.2 Å². The molecule has 0 amide bonds. The molecule has 0 heterocycles. The molecule has 0 aliphatic carbocycles. The van der Waals surface area contributed by atoms with Crippen molar-refractivity contribution in [3.63, 3.8) is 0 Å². The number of aliphatic hydroxyl groups is 1. The van der Waals surface area contributed by atoms with Crippen molar-refractivity contribution in [2.45, 2.75) is 39.8 Å². The third-order valence-electron chi connectivity index (χ3n) is 2.49. The van der Waals surface area contributed by atoms with Gasteiger partial charge in [0.2, 0.25) is 0 Å². The second kappa shape index (κ2) is 13.7. The van der Waals surface area contributed by atoms with E-state index in [1.807, 2.05) is 0 Å². The molecular weight excluding hydrogens is 274 g/mol. The second-order valence-corrected chi connectivity index (χ2v) is 4.90. The number of ether oxygens (including phenoxy) is 2. The van der Waals surface area contributed by atoms with Crippen LogP contribution in [-0.4, -0.2) is 55.9 Å². The van der Waals surface area contributed by atoms with Crippen molar-refractivity contribution in [3.8, 4) is 0 Å². The van der Waals surface area contributed by atoms with Gasteiger partial charge in [-0.15, -0.1) is 6.58 Å². The van der Waals surface area contributed by atoms with Crippen molar-refractivity contribution in [2.75, 3.05) is 26.9 Å². The predicted molar refractivity (Wildman–Crippen MR) is 82.0 cm³/mol. The first-order chi connectivity index (χ1) is 9.76. The van der Waals surface area contributed by atoms with Crippen molar-refractivity contribution in [3.05, 3.63) is 12.7 Å². The number of hydrogen-bond donors (Lipinski definition) is 2. The number of Topliss-reactive ketones (excluding diaryl/α,β-unsaturated/α-hetero) is 1. The van der Waals surface area contributed by atoms with E-state index >= 15 is 0 Å². The fraction of sp³-hybridized carbons (Fsp3) is 0.733. The molecule has 21 heavy (non-hydrogen) atoms. The number of hydrogen-bond acceptors (Lipinski definition) is 6. The summed E-state index contributed by atoms with van der Waals surface area (Å²) >= 11 is 0. The molecular formula is C15H29NO5. The van der Waals surface area contributed by atoms with E-state index in [1.54, 1.807) is 26.8 Å². The first-order valence-corrected chi connectivity index (χ1v) is 6.94. The van der Waals surface area contributed by atoms with E-state index in [2.05, 4.69) is 16.6 Å². The van der Waals surface area contributed by atoms with Crippen LogP contribution in [0.15, 0.2) is 12.7 Å². The van der Waals surface area contributed by atoms with Crippen molar-refractivity contribution in [1.29, 1.82) is 0 Å². The average molecular weight is 303 g/mol. The lowest BCUT2D eigenvalue weighted by Gasteiger charge is -2.14. The zero-order chi connectivity index (χ0) is 16.8. The van der Waals surface area contributed by atoms with Gasteiger partial charge in [-0.2, -0.15) is 0 Å². The average Bonchev–Trinajstić information content (AvgIpc) is 2.44. The Bertz CT molecular complexity index is 304. The molecule has 0 aromatic heterocycles. The normalized spacial score (nSPS) is 12.9. The summed E-state index contributed by atoms with van der Waals surface area (Å²) in [5.41, 5.74) is 0. The van der Waals surface area contributed by atoms with Crippen LogP contribution in [0.5, 0.6) is 0 Å². The molecule has 0 saturated carbocycles. The fourth-order valence-electron chi connectivity index (χ4n) is 1.04. The molecule has 0 aromatic carbocycles. The Labute approximate surface area is 127 Å². The van der Waals surface area contributed by atoms with Crippen molar-refractivity contribution >= 4 is 11.8 Å². The first-order valence-electron chi connectivity index (χ1n) is 6.94. The lowest BCUT2D eigenvalue weighted by molar-refractivity contribution is -0.144. The number of ketones is 1. The molecule has 124 valence electrons. The third kappa shape index (κ3) is 15.0. The Morgan fingerprint density at radius 1 is 1.33 bits per heavy atom. The van der Waals surface area contributed by atoms with Crippen LogP contribution in [0, 0.1) is 5.92 Å². The van der Waals surface area contributed by atoms with Crippen LogP contribution in [0.4, 0.5) is 0 Å². The highest BCUT2D eigenvalue weighted by Gasteiger charge is 2.09. The van der Waals surface area contributed by atoms with Crippen LogP contribution >= 0.6 is 0 Å². The number of rotatable bonds is 9. The van der Waals surface area contributed by atoms with Gasteiger partial charge in [0.1, 0.15) is 5.78 Å². The van der Waals surface area contributed by atoms with Gasteiger partial charge in [0.05, 0.1) is 38.4 Å². The molecule has 2 unspecified atom stereocenters. The van der Waals surface area contributed by atoms with Gasteiger partial charge >= 0.3 is 5.97 Å². The summed E-state index contributed by atoms with van der Waals surface area (Å²) in [5, 5.41) is 12.3. The summed E-state index contributed by atoms with van der Waals surface area (Å²) < 4.78 is 9.42. The minimum atomic E-state index is -0.586. The maximum absolute atomic E-state index is 10.8. The molecule has 0 aliphatic rings. The van der Waals surface area contributed by atoms with Gasteiger partial charge in [-0.3, -0.25) is 9.59 Å². The quantitative estimate of drug-likeness (QED) is 0.374. The van der Waals surface area contributed by atoms with Crippen molar-refractivity contribution in [2.24, 2.45) is 5.92 Å². The van der Waals surface area contributed by atoms with E-state index < -0.39 is 6.10 Å². The number of esters is 1. The second-order valence-electron chi connectivity index (χ2n) is 4.90. The highest BCUT2D eigenvalue weighted by Crippen LogP contribution is 1.92. The van der Waals surface area contributed by atoms with E-state index in [1.165, 1.54) is 14.0 Å². The molecule has 0 bridgehead atoms. The summed E-state index contributed by atoms with van der Waals surface area (Å²) in [6, 6.07) is -0.218. The van der Waals surface area contributed by atoms with E-state index in [0.717, 1.165) is 0 Å². The molecule has 0 aliphatic heterocycles. The molecule has 0 spiro atoms. The summed E-state index contributed by atoms with van der Waals surface area (Å²) in [7, 11) is 1.39. The maximum atomic E-state index is 10.8. The van der Waals surface area contributed by atoms with E-state index in [9.17, 15) is 14.7 Å². The van der Waals surface area contributed by atoms with Gasteiger partial charge in [0.25, 0.3) is 0 Å². The van der Waals surface area contributed by atoms with Crippen LogP contribution in [-0.2, 0) is 19.1 Å². The highest BCUT2D eigenvalue weighted by molar-refractivity contribution is 5.80. The maximum Gasteiger partial charge on any atom is 0.308 e. The van der Waals surface area contributed by atoms with Gasteiger partial charge in [0.15, 0.2) is 0 Å². The molecule has 6 nitrogen and oxygen atoms in total. The van der Waals surface area contributed by atoms with E-state index in [0.29, 0.717) is 13.2 Å². The Kier molecular flexibility index (Phi) is 14.4. The van der Waals surface area contributed by atoms with Crippen LogP contribution in [0.1, 0.15) is 27.7 Å². The Morgan fingerprint density at radius 3 is 2.24 bits per heavy atom. The minimum Gasteiger partial charge on any atom is -0.469 e. The Balaban J connectivity index is 0. The molecule has 2 atom stereocenters. The molecule has 0 fully saturated rings. The summed E-state index contributed by atoms with van der Waals surface area (Å²) in [6.45, 7) is 11.4. The third-order valence-corrected chi connectivity index (χ3v) is 2.49. The summed E-state index contributed by atoms with van der Waals surface area (Å²) in [5.74, 6) is -0.0887. The van der Waals surface area contributed by atoms with Gasteiger partial charge in [0, 0.05) is 6.54 Å². The smallest absolute Gasteiger partial charge is 0.308 e. The lowest BCUT2D eigenvalue weighted by Crippen LogP contribution is -2.39. The van der Waals surface area contributed by atoms with Gasteiger partial charge < -0.3 is 19.9 Å². The van der Waals surface area contributed by atoms with Gasteiger partial charge in [-0.25, -0.2) is 0 Å². The molecule has 0 saturated heterocycles. The van der Waals surface area contributed by atoms with Gasteiger partial charge in [-0.05, 0) is 13.8 Å². The molecule has 0 rings (SSSR count). The van der Waals surface area contributed by atoms with Crippen LogP contribution in [0.3, 0.4) is 0 Å². The Hall–Kier alpha value is -1.24. The van der Waals surface area contributed by atoms with Crippen LogP contribution in [0.25, 0.3) is 0 Å². The SMILES string of the molecule is C=CCOCC(O)CNC(C)C(C)=O.COC(=O)C(C)C. The minimum absolute atomic E-state index is 0.00463. The van der Waals surface area contributed by atoms with E-state index in [-0.39, 0.29) is 30.3 Å². The highest BCUT2D eigenvalue weighted by atomic mass is 16.5. The Morgan fingerprint density at radius 2 is 1.90 bits per heavy atom. The standard InChI is InChI=1S/C10H19NO3.C5H10O2/c1-4-5-14-7-10(13)6-11-8(2)9(3)12;1-4(2)5(6)7-3/h4,8,10-11,13H,1,5-7H2,2-3H3;4H,1-3H3. The topological polar surface area (TPSA) is 84.9 Å². The van der Waals surface area contributed by atoms with Crippen molar-refractivity contribution in [1.82, 2.24) is 5.32 Å². The van der Waals surface area contributed by atoms with E-state index in [4.69, 9.17) is 4.74 Å². The number of carbonyl (C=O) groups is 2. The summed E-state index contributed by atoms with van der Waals surface area (Å²) in [4.78, 5) is 21.1. The zero-order valence-electron chi connectivity index (χ0n) is 13.7. The van der Waals surface area contributed by atoms with Crippen LogP contribution in [0.2, 0.25) is 0 Å². The number of methoxy groups -OCH3 is 1. The monoisotopic (exact) mass is 303 g/mol. The molecule has 0 radical (unpaired) electrons. The molecule has 2 N–H and O–H groups in total. The fourth-order valence-corrected chi connectivity index (χ4v) is 1.04. The number of nitrogens with one attached hydrogen (secondary N) is 1. The predicted octanol–water partition coefficient (Wildman–Crippen LogP) is 0.932. The molecule has 6 heteroatoms. The number of aliphatic hydroxyl groups excluding tert-OH is 1.